The largest absolute Gasteiger partial charge is 0.454 e. The molecule has 1 aliphatic heterocycles. The Labute approximate surface area is 144 Å². The highest BCUT2D eigenvalue weighted by molar-refractivity contribution is 7.88. The van der Waals surface area contributed by atoms with Crippen LogP contribution in [0.2, 0.25) is 0 Å². The van der Waals surface area contributed by atoms with Crippen LogP contribution < -0.4 is 5.32 Å². The normalized spacial score (nSPS) is 24.1. The molecule has 8 heteroatoms. The van der Waals surface area contributed by atoms with Gasteiger partial charge in [-0.05, 0) is 32.1 Å². The van der Waals surface area contributed by atoms with E-state index in [1.54, 1.807) is 0 Å². The first-order chi connectivity index (χ1) is 11.4. The van der Waals surface area contributed by atoms with Gasteiger partial charge in [0, 0.05) is 12.6 Å². The van der Waals surface area contributed by atoms with Crippen molar-refractivity contribution < 1.29 is 22.7 Å². The summed E-state index contributed by atoms with van der Waals surface area (Å²) in [5.41, 5.74) is 0. The summed E-state index contributed by atoms with van der Waals surface area (Å²) < 4.78 is 29.8. The quantitative estimate of drug-likeness (QED) is 0.587. The summed E-state index contributed by atoms with van der Waals surface area (Å²) in [7, 11) is -3.45. The van der Waals surface area contributed by atoms with E-state index < -0.39 is 22.0 Å². The molecule has 1 saturated heterocycles. The summed E-state index contributed by atoms with van der Waals surface area (Å²) in [6, 6.07) is -0.652. The first kappa shape index (κ1) is 19.2. The molecular formula is C16H28N2O5S. The van der Waals surface area contributed by atoms with Crippen molar-refractivity contribution in [3.8, 4) is 0 Å². The van der Waals surface area contributed by atoms with Crippen molar-refractivity contribution in [2.75, 3.05) is 19.4 Å². The minimum atomic E-state index is -3.45. The summed E-state index contributed by atoms with van der Waals surface area (Å²) in [6.45, 7) is -0.0176. The Kier molecular flexibility index (Phi) is 7.03. The van der Waals surface area contributed by atoms with Gasteiger partial charge >= 0.3 is 5.97 Å². The van der Waals surface area contributed by atoms with E-state index in [1.807, 2.05) is 0 Å². The van der Waals surface area contributed by atoms with Gasteiger partial charge in [-0.15, -0.1) is 0 Å². The number of nitrogens with zero attached hydrogens (tertiary/aromatic N) is 1. The lowest BCUT2D eigenvalue weighted by Crippen LogP contribution is -2.48. The van der Waals surface area contributed by atoms with Gasteiger partial charge in [0.25, 0.3) is 5.91 Å². The minimum Gasteiger partial charge on any atom is -0.454 e. The van der Waals surface area contributed by atoms with E-state index in [-0.39, 0.29) is 18.6 Å². The van der Waals surface area contributed by atoms with Gasteiger partial charge in [0.1, 0.15) is 6.04 Å². The third kappa shape index (κ3) is 5.73. The molecule has 0 radical (unpaired) electrons. The van der Waals surface area contributed by atoms with Crippen LogP contribution in [-0.4, -0.2) is 56.1 Å². The first-order valence-electron chi connectivity index (χ1n) is 8.81. The summed E-state index contributed by atoms with van der Waals surface area (Å²) >= 11 is 0. The van der Waals surface area contributed by atoms with E-state index in [2.05, 4.69) is 5.32 Å². The van der Waals surface area contributed by atoms with E-state index in [0.29, 0.717) is 13.0 Å². The Bertz CT molecular complexity index is 541. The van der Waals surface area contributed by atoms with Gasteiger partial charge in [-0.3, -0.25) is 9.59 Å². The van der Waals surface area contributed by atoms with Crippen LogP contribution in [0.4, 0.5) is 0 Å². The predicted molar refractivity (Wildman–Crippen MR) is 89.8 cm³/mol. The number of esters is 1. The summed E-state index contributed by atoms with van der Waals surface area (Å²) in [5, 5.41) is 2.91. The smallest absolute Gasteiger partial charge is 0.324 e. The average molecular weight is 360 g/mol. The van der Waals surface area contributed by atoms with Crippen LogP contribution in [-0.2, 0) is 24.3 Å². The number of amides is 1. The number of hydrogen-bond donors (Lipinski definition) is 1. The Hall–Kier alpha value is -1.15. The van der Waals surface area contributed by atoms with Crippen molar-refractivity contribution in [3.05, 3.63) is 0 Å². The topological polar surface area (TPSA) is 92.8 Å². The molecule has 2 rings (SSSR count). The SMILES string of the molecule is CS(=O)(=O)N1CCCC[C@@H]1C(=O)OCC(=O)NC1CCCCCC1. The maximum absolute atomic E-state index is 12.2. The van der Waals surface area contributed by atoms with Crippen molar-refractivity contribution in [2.45, 2.75) is 69.9 Å². The first-order valence-corrected chi connectivity index (χ1v) is 10.7. The molecule has 0 aromatic rings. The molecule has 2 fully saturated rings. The average Bonchev–Trinajstić information content (AvgIpc) is 2.80. The number of nitrogens with one attached hydrogen (secondary N) is 1. The molecule has 1 heterocycles. The highest BCUT2D eigenvalue weighted by Gasteiger charge is 2.35. The highest BCUT2D eigenvalue weighted by atomic mass is 32.2. The molecule has 0 unspecified atom stereocenters. The third-order valence-electron chi connectivity index (χ3n) is 4.72. The van der Waals surface area contributed by atoms with Gasteiger partial charge in [0.05, 0.1) is 6.26 Å². The molecule has 0 spiro atoms. The fourth-order valence-corrected chi connectivity index (χ4v) is 4.58. The molecule has 1 aliphatic carbocycles. The lowest BCUT2D eigenvalue weighted by molar-refractivity contribution is -0.153. The fourth-order valence-electron chi connectivity index (χ4n) is 3.46. The van der Waals surface area contributed by atoms with Gasteiger partial charge in [-0.25, -0.2) is 8.42 Å². The molecule has 0 bridgehead atoms. The molecule has 24 heavy (non-hydrogen) atoms. The molecule has 1 amide bonds. The fraction of sp³-hybridized carbons (Fsp3) is 0.875. The van der Waals surface area contributed by atoms with Crippen LogP contribution in [0, 0.1) is 0 Å². The van der Waals surface area contributed by atoms with Crippen LogP contribution >= 0.6 is 0 Å². The van der Waals surface area contributed by atoms with E-state index in [4.69, 9.17) is 4.74 Å². The van der Waals surface area contributed by atoms with Crippen molar-refractivity contribution in [2.24, 2.45) is 0 Å². The van der Waals surface area contributed by atoms with E-state index in [9.17, 15) is 18.0 Å². The molecule has 7 nitrogen and oxygen atoms in total. The standard InChI is InChI=1S/C16H28N2O5S/c1-24(21,22)18-11-7-6-10-14(18)16(20)23-12-15(19)17-13-8-4-2-3-5-9-13/h13-14H,2-12H2,1H3,(H,17,19)/t14-/m1/s1. The Balaban J connectivity index is 1.81. The van der Waals surface area contributed by atoms with Gasteiger partial charge in [-0.1, -0.05) is 25.7 Å². The second-order valence-corrected chi connectivity index (χ2v) is 8.68. The van der Waals surface area contributed by atoms with Crippen molar-refractivity contribution in [1.82, 2.24) is 9.62 Å². The maximum Gasteiger partial charge on any atom is 0.324 e. The van der Waals surface area contributed by atoms with E-state index >= 15 is 0 Å². The zero-order valence-corrected chi connectivity index (χ0v) is 15.1. The van der Waals surface area contributed by atoms with Gasteiger partial charge in [0.15, 0.2) is 6.61 Å². The van der Waals surface area contributed by atoms with Crippen LogP contribution in [0.15, 0.2) is 0 Å². The molecule has 2 aliphatic rings. The van der Waals surface area contributed by atoms with Crippen molar-refractivity contribution >= 4 is 21.9 Å². The monoisotopic (exact) mass is 360 g/mol. The lowest BCUT2D eigenvalue weighted by Gasteiger charge is -2.31. The van der Waals surface area contributed by atoms with Gasteiger partial charge < -0.3 is 10.1 Å². The van der Waals surface area contributed by atoms with Crippen LogP contribution in [0.1, 0.15) is 57.8 Å². The number of carbonyl (C=O) groups excluding carboxylic acids is 2. The molecule has 138 valence electrons. The van der Waals surface area contributed by atoms with Crippen LogP contribution in [0.25, 0.3) is 0 Å². The molecule has 1 saturated carbocycles. The number of sulfonamides is 1. The zero-order chi connectivity index (χ0) is 17.6. The van der Waals surface area contributed by atoms with Gasteiger partial charge in [0.2, 0.25) is 10.0 Å². The Morgan fingerprint density at radius 2 is 1.67 bits per heavy atom. The minimum absolute atomic E-state index is 0.154. The lowest BCUT2D eigenvalue weighted by atomic mass is 10.1. The summed E-state index contributed by atoms with van der Waals surface area (Å²) in [5.74, 6) is -0.937. The third-order valence-corrected chi connectivity index (χ3v) is 6.01. The number of hydrogen-bond acceptors (Lipinski definition) is 5. The van der Waals surface area contributed by atoms with Crippen molar-refractivity contribution in [3.63, 3.8) is 0 Å². The molecular weight excluding hydrogens is 332 g/mol. The molecule has 1 atom stereocenters. The number of carbonyl (C=O) groups is 2. The zero-order valence-electron chi connectivity index (χ0n) is 14.3. The highest BCUT2D eigenvalue weighted by Crippen LogP contribution is 2.21. The molecule has 1 N–H and O–H groups in total. The number of ether oxygens (including phenoxy) is 1. The second kappa shape index (κ2) is 8.80. The van der Waals surface area contributed by atoms with Crippen LogP contribution in [0.3, 0.4) is 0 Å². The molecule has 0 aromatic carbocycles. The number of rotatable bonds is 5. The summed E-state index contributed by atoms with van der Waals surface area (Å²) in [6.07, 6.45) is 9.59. The summed E-state index contributed by atoms with van der Waals surface area (Å²) in [4.78, 5) is 24.2. The van der Waals surface area contributed by atoms with E-state index in [0.717, 1.165) is 44.8 Å². The van der Waals surface area contributed by atoms with Crippen molar-refractivity contribution in [1.29, 1.82) is 0 Å². The second-order valence-electron chi connectivity index (χ2n) is 6.75. The Morgan fingerprint density at radius 3 is 2.29 bits per heavy atom. The Morgan fingerprint density at radius 1 is 1.04 bits per heavy atom. The van der Waals surface area contributed by atoms with Crippen LogP contribution in [0.5, 0.6) is 0 Å². The maximum atomic E-state index is 12.2. The number of piperidine rings is 1. The molecule has 0 aromatic heterocycles. The van der Waals surface area contributed by atoms with Gasteiger partial charge in [-0.2, -0.15) is 4.31 Å². The predicted octanol–water partition coefficient (Wildman–Crippen LogP) is 1.18. The van der Waals surface area contributed by atoms with E-state index in [1.165, 1.54) is 17.1 Å².